The molecule has 0 bridgehead atoms. The molecule has 3 N–H and O–H groups in total. The van der Waals surface area contributed by atoms with Crippen LogP contribution in [0, 0.1) is 6.92 Å². The van der Waals surface area contributed by atoms with Crippen LogP contribution in [0.1, 0.15) is 30.0 Å². The fourth-order valence-electron chi connectivity index (χ4n) is 2.60. The number of carbonyl (C=O) groups excluding carboxylic acids is 1. The molecule has 6 nitrogen and oxygen atoms in total. The number of amides is 1. The highest BCUT2D eigenvalue weighted by molar-refractivity contribution is 5.93. The van der Waals surface area contributed by atoms with Crippen LogP contribution in [0.2, 0.25) is 0 Å². The summed E-state index contributed by atoms with van der Waals surface area (Å²) < 4.78 is 1.66. The van der Waals surface area contributed by atoms with Gasteiger partial charge in [0.05, 0.1) is 11.4 Å². The molecule has 0 radical (unpaired) electrons. The van der Waals surface area contributed by atoms with Gasteiger partial charge in [-0.15, -0.1) is 5.10 Å². The number of nitrogens with two attached hydrogens (primary N) is 1. The summed E-state index contributed by atoms with van der Waals surface area (Å²) in [5.41, 5.74) is 9.54. The number of carbonyl (C=O) groups is 1. The molecule has 3 aromatic rings. The monoisotopic (exact) mass is 349 g/mol. The lowest BCUT2D eigenvalue weighted by atomic mass is 10.1. The van der Waals surface area contributed by atoms with Crippen LogP contribution in [0.4, 0.5) is 0 Å². The van der Waals surface area contributed by atoms with Crippen molar-refractivity contribution in [3.05, 3.63) is 66.0 Å². The van der Waals surface area contributed by atoms with E-state index in [9.17, 15) is 4.79 Å². The van der Waals surface area contributed by atoms with Crippen LogP contribution < -0.4 is 11.1 Å². The summed E-state index contributed by atoms with van der Waals surface area (Å²) in [4.78, 5) is 12.3. The van der Waals surface area contributed by atoms with Gasteiger partial charge in [0.2, 0.25) is 0 Å². The van der Waals surface area contributed by atoms with E-state index in [1.807, 2.05) is 63.2 Å². The molecule has 0 aliphatic rings. The van der Waals surface area contributed by atoms with Crippen LogP contribution in [0.25, 0.3) is 16.8 Å². The van der Waals surface area contributed by atoms with E-state index in [4.69, 9.17) is 5.73 Å². The average Bonchev–Trinajstić information content (AvgIpc) is 3.01. The highest BCUT2D eigenvalue weighted by Gasteiger charge is 2.19. The fourth-order valence-corrected chi connectivity index (χ4v) is 2.60. The Hall–Kier alpha value is -2.99. The number of benzene rings is 2. The van der Waals surface area contributed by atoms with Gasteiger partial charge in [0.25, 0.3) is 5.91 Å². The molecule has 0 fully saturated rings. The van der Waals surface area contributed by atoms with Crippen molar-refractivity contribution >= 4 is 5.91 Å². The molecule has 0 atom stereocenters. The molecular weight excluding hydrogens is 326 g/mol. The molecule has 2 aromatic carbocycles. The maximum Gasteiger partial charge on any atom is 0.273 e. The zero-order valence-corrected chi connectivity index (χ0v) is 15.2. The average molecular weight is 349 g/mol. The number of hydrogen-bond acceptors (Lipinski definition) is 4. The van der Waals surface area contributed by atoms with Gasteiger partial charge in [-0.3, -0.25) is 4.79 Å². The Kier molecular flexibility index (Phi) is 4.86. The van der Waals surface area contributed by atoms with Gasteiger partial charge in [0.15, 0.2) is 5.69 Å². The Bertz CT molecular complexity index is 892. The number of aromatic nitrogens is 3. The minimum Gasteiger partial charge on any atom is -0.349 e. The molecule has 0 aliphatic carbocycles. The standard InChI is InChI=1S/C20H23N5O/c1-14-18(19(26)22-13-20(2,3)21)23-24-25(14)17-11-9-16(10-12-17)15-7-5-4-6-8-15/h4-12H,13,21H2,1-3H3,(H,22,26). The van der Waals surface area contributed by atoms with Crippen LogP contribution >= 0.6 is 0 Å². The second-order valence-corrected chi connectivity index (χ2v) is 7.02. The zero-order valence-electron chi connectivity index (χ0n) is 15.2. The third kappa shape index (κ3) is 3.97. The van der Waals surface area contributed by atoms with Crippen LogP contribution in [0.3, 0.4) is 0 Å². The quantitative estimate of drug-likeness (QED) is 0.741. The zero-order chi connectivity index (χ0) is 18.7. The molecule has 3 rings (SSSR count). The lowest BCUT2D eigenvalue weighted by molar-refractivity contribution is 0.0940. The largest absolute Gasteiger partial charge is 0.349 e. The summed E-state index contributed by atoms with van der Waals surface area (Å²) in [6.45, 7) is 5.90. The first-order valence-corrected chi connectivity index (χ1v) is 8.50. The highest BCUT2D eigenvalue weighted by atomic mass is 16.2. The highest BCUT2D eigenvalue weighted by Crippen LogP contribution is 2.21. The number of hydrogen-bond donors (Lipinski definition) is 2. The molecular formula is C20H23N5O. The summed E-state index contributed by atoms with van der Waals surface area (Å²) in [6, 6.07) is 18.1. The predicted octanol–water partition coefficient (Wildman–Crippen LogP) is 2.71. The number of nitrogens with one attached hydrogen (secondary N) is 1. The Morgan fingerprint density at radius 2 is 1.69 bits per heavy atom. The normalized spacial score (nSPS) is 11.4. The molecule has 0 unspecified atom stereocenters. The van der Waals surface area contributed by atoms with Crippen molar-refractivity contribution in [2.45, 2.75) is 26.3 Å². The van der Waals surface area contributed by atoms with E-state index in [2.05, 4.69) is 27.8 Å². The van der Waals surface area contributed by atoms with Crippen molar-refractivity contribution in [3.63, 3.8) is 0 Å². The van der Waals surface area contributed by atoms with Crippen molar-refractivity contribution < 1.29 is 4.79 Å². The molecule has 26 heavy (non-hydrogen) atoms. The lowest BCUT2D eigenvalue weighted by Gasteiger charge is -2.18. The minimum atomic E-state index is -0.479. The maximum atomic E-state index is 12.3. The Morgan fingerprint density at radius 3 is 2.31 bits per heavy atom. The SMILES string of the molecule is Cc1c(C(=O)NCC(C)(C)N)nnn1-c1ccc(-c2ccccc2)cc1. The molecule has 0 spiro atoms. The van der Waals surface area contributed by atoms with Gasteiger partial charge in [0, 0.05) is 12.1 Å². The third-order valence-corrected chi connectivity index (χ3v) is 4.03. The fraction of sp³-hybridized carbons (Fsp3) is 0.250. The molecule has 0 aliphatic heterocycles. The van der Waals surface area contributed by atoms with E-state index in [0.29, 0.717) is 17.9 Å². The summed E-state index contributed by atoms with van der Waals surface area (Å²) in [7, 11) is 0. The van der Waals surface area contributed by atoms with E-state index in [1.165, 1.54) is 0 Å². The van der Waals surface area contributed by atoms with Crippen LogP contribution in [0.5, 0.6) is 0 Å². The maximum absolute atomic E-state index is 12.3. The summed E-state index contributed by atoms with van der Waals surface area (Å²) in [6.07, 6.45) is 0. The van der Waals surface area contributed by atoms with Gasteiger partial charge < -0.3 is 11.1 Å². The Balaban J connectivity index is 1.80. The molecule has 1 amide bonds. The van der Waals surface area contributed by atoms with Gasteiger partial charge >= 0.3 is 0 Å². The van der Waals surface area contributed by atoms with Crippen LogP contribution in [-0.4, -0.2) is 33.0 Å². The van der Waals surface area contributed by atoms with Gasteiger partial charge in [-0.1, -0.05) is 47.7 Å². The van der Waals surface area contributed by atoms with E-state index in [1.54, 1.807) is 4.68 Å². The molecule has 1 aromatic heterocycles. The van der Waals surface area contributed by atoms with E-state index >= 15 is 0 Å². The summed E-state index contributed by atoms with van der Waals surface area (Å²) in [5, 5.41) is 11.0. The first-order valence-electron chi connectivity index (χ1n) is 8.50. The Morgan fingerprint density at radius 1 is 1.08 bits per heavy atom. The predicted molar refractivity (Wildman–Crippen MR) is 102 cm³/mol. The van der Waals surface area contributed by atoms with Crippen molar-refractivity contribution in [1.29, 1.82) is 0 Å². The molecule has 0 saturated carbocycles. The van der Waals surface area contributed by atoms with Crippen molar-refractivity contribution in [2.75, 3.05) is 6.54 Å². The molecule has 1 heterocycles. The van der Waals surface area contributed by atoms with Gasteiger partial charge in [0.1, 0.15) is 0 Å². The lowest BCUT2D eigenvalue weighted by Crippen LogP contribution is -2.45. The topological polar surface area (TPSA) is 85.8 Å². The first-order chi connectivity index (χ1) is 12.3. The van der Waals surface area contributed by atoms with Crippen molar-refractivity contribution in [2.24, 2.45) is 5.73 Å². The summed E-state index contributed by atoms with van der Waals surface area (Å²) >= 11 is 0. The van der Waals surface area contributed by atoms with E-state index in [0.717, 1.165) is 16.8 Å². The molecule has 134 valence electrons. The minimum absolute atomic E-state index is 0.270. The van der Waals surface area contributed by atoms with Crippen molar-refractivity contribution in [1.82, 2.24) is 20.3 Å². The van der Waals surface area contributed by atoms with E-state index < -0.39 is 5.54 Å². The second kappa shape index (κ2) is 7.09. The smallest absolute Gasteiger partial charge is 0.273 e. The van der Waals surface area contributed by atoms with Gasteiger partial charge in [-0.2, -0.15) is 0 Å². The van der Waals surface area contributed by atoms with E-state index in [-0.39, 0.29) is 5.91 Å². The van der Waals surface area contributed by atoms with Crippen LogP contribution in [0.15, 0.2) is 54.6 Å². The molecule has 6 heteroatoms. The third-order valence-electron chi connectivity index (χ3n) is 4.03. The summed E-state index contributed by atoms with van der Waals surface area (Å²) in [5.74, 6) is -0.270. The van der Waals surface area contributed by atoms with Crippen molar-refractivity contribution in [3.8, 4) is 16.8 Å². The van der Waals surface area contributed by atoms with Gasteiger partial charge in [-0.05, 0) is 44.0 Å². The second-order valence-electron chi connectivity index (χ2n) is 7.02. The first kappa shape index (κ1) is 17.8. The van der Waals surface area contributed by atoms with Gasteiger partial charge in [-0.25, -0.2) is 4.68 Å². The number of rotatable bonds is 5. The van der Waals surface area contributed by atoms with Crippen LogP contribution in [-0.2, 0) is 0 Å². The number of nitrogens with zero attached hydrogens (tertiary/aromatic N) is 3. The molecule has 0 saturated heterocycles. The Labute approximate surface area is 153 Å².